The Hall–Kier alpha value is -3.08. The molecule has 0 N–H and O–H groups in total. The number of nitrogens with zero attached hydrogens (tertiary/aromatic N) is 1. The average molecular weight is 337 g/mol. The van der Waals surface area contributed by atoms with Crippen molar-refractivity contribution < 1.29 is 14.4 Å². The molecule has 0 spiro atoms. The standard InChI is InChI=1S/C20H19NO4/c1-24-17-8-3-14(4-9-17)19-12-7-16(21(22)23)13-20(19)15-5-10-18(25-2)11-6-15/h3-13,19-20H,1-2H3/t19-,20+/m1/s1. The Balaban J connectivity index is 1.99. The van der Waals surface area contributed by atoms with Crippen molar-refractivity contribution in [1.29, 1.82) is 0 Å². The van der Waals surface area contributed by atoms with Gasteiger partial charge >= 0.3 is 0 Å². The van der Waals surface area contributed by atoms with Gasteiger partial charge < -0.3 is 9.47 Å². The van der Waals surface area contributed by atoms with Crippen LogP contribution in [-0.2, 0) is 0 Å². The third-order valence-corrected chi connectivity index (χ3v) is 4.42. The molecule has 0 fully saturated rings. The zero-order chi connectivity index (χ0) is 17.8. The van der Waals surface area contributed by atoms with Crippen LogP contribution in [0.3, 0.4) is 0 Å². The number of nitro groups is 1. The van der Waals surface area contributed by atoms with Gasteiger partial charge in [-0.15, -0.1) is 0 Å². The Bertz CT molecular complexity index is 807. The Morgan fingerprint density at radius 2 is 1.32 bits per heavy atom. The highest BCUT2D eigenvalue weighted by molar-refractivity contribution is 5.43. The van der Waals surface area contributed by atoms with Crippen LogP contribution >= 0.6 is 0 Å². The molecule has 1 aliphatic carbocycles. The van der Waals surface area contributed by atoms with E-state index in [0.29, 0.717) is 0 Å². The first kappa shape index (κ1) is 16.8. The summed E-state index contributed by atoms with van der Waals surface area (Å²) in [7, 11) is 3.24. The first-order valence-electron chi connectivity index (χ1n) is 7.94. The number of allylic oxidation sites excluding steroid dienone is 3. The third-order valence-electron chi connectivity index (χ3n) is 4.42. The molecular weight excluding hydrogens is 318 g/mol. The molecule has 0 heterocycles. The predicted molar refractivity (Wildman–Crippen MR) is 95.7 cm³/mol. The molecule has 2 aromatic rings. The Labute approximate surface area is 146 Å². The van der Waals surface area contributed by atoms with Crippen LogP contribution in [0.4, 0.5) is 0 Å². The van der Waals surface area contributed by atoms with Gasteiger partial charge in [0.05, 0.1) is 19.1 Å². The smallest absolute Gasteiger partial charge is 0.265 e. The first-order chi connectivity index (χ1) is 12.1. The minimum absolute atomic E-state index is 0.0167. The SMILES string of the molecule is COc1ccc([C@H]2C=CC([N+](=O)[O-])=C[C@H]2c2ccc(OC)cc2)cc1. The van der Waals surface area contributed by atoms with Crippen LogP contribution in [0, 0.1) is 10.1 Å². The zero-order valence-electron chi connectivity index (χ0n) is 14.1. The number of ether oxygens (including phenoxy) is 2. The summed E-state index contributed by atoms with van der Waals surface area (Å²) >= 11 is 0. The molecular formula is C20H19NO4. The zero-order valence-corrected chi connectivity index (χ0v) is 14.1. The molecule has 2 atom stereocenters. The molecule has 0 amide bonds. The lowest BCUT2D eigenvalue weighted by Gasteiger charge is -2.25. The van der Waals surface area contributed by atoms with E-state index in [0.717, 1.165) is 22.6 Å². The van der Waals surface area contributed by atoms with E-state index in [4.69, 9.17) is 9.47 Å². The Morgan fingerprint density at radius 3 is 1.76 bits per heavy atom. The van der Waals surface area contributed by atoms with Crippen LogP contribution < -0.4 is 9.47 Å². The highest BCUT2D eigenvalue weighted by Gasteiger charge is 2.28. The second-order valence-electron chi connectivity index (χ2n) is 5.81. The van der Waals surface area contributed by atoms with Crippen LogP contribution in [0.25, 0.3) is 0 Å². The largest absolute Gasteiger partial charge is 0.497 e. The lowest BCUT2D eigenvalue weighted by Crippen LogP contribution is -2.13. The molecule has 0 bridgehead atoms. The summed E-state index contributed by atoms with van der Waals surface area (Å²) in [5, 5.41) is 11.2. The molecule has 5 nitrogen and oxygen atoms in total. The molecule has 5 heteroatoms. The molecule has 0 saturated heterocycles. The molecule has 0 saturated carbocycles. The van der Waals surface area contributed by atoms with E-state index in [1.807, 2.05) is 54.6 Å². The highest BCUT2D eigenvalue weighted by atomic mass is 16.6. The second-order valence-corrected chi connectivity index (χ2v) is 5.81. The van der Waals surface area contributed by atoms with Gasteiger partial charge in [-0.05, 0) is 35.4 Å². The maximum Gasteiger partial charge on any atom is 0.265 e. The van der Waals surface area contributed by atoms with Gasteiger partial charge in [0.15, 0.2) is 0 Å². The molecule has 0 aromatic heterocycles. The second kappa shape index (κ2) is 7.21. The van der Waals surface area contributed by atoms with Gasteiger partial charge in [0, 0.05) is 24.0 Å². The number of methoxy groups -OCH3 is 2. The summed E-state index contributed by atoms with van der Waals surface area (Å²) in [6.45, 7) is 0. The summed E-state index contributed by atoms with van der Waals surface area (Å²) < 4.78 is 10.4. The molecule has 0 aliphatic heterocycles. The number of benzene rings is 2. The minimum atomic E-state index is -0.350. The van der Waals surface area contributed by atoms with Crippen molar-refractivity contribution in [1.82, 2.24) is 0 Å². The van der Waals surface area contributed by atoms with E-state index >= 15 is 0 Å². The van der Waals surface area contributed by atoms with E-state index in [2.05, 4.69) is 0 Å². The number of hydrogen-bond donors (Lipinski definition) is 0. The monoisotopic (exact) mass is 337 g/mol. The van der Waals surface area contributed by atoms with Crippen molar-refractivity contribution in [3.63, 3.8) is 0 Å². The molecule has 3 rings (SSSR count). The fourth-order valence-electron chi connectivity index (χ4n) is 3.06. The maximum atomic E-state index is 11.2. The van der Waals surface area contributed by atoms with Crippen molar-refractivity contribution in [2.45, 2.75) is 11.8 Å². The Morgan fingerprint density at radius 1 is 0.840 bits per heavy atom. The summed E-state index contributed by atoms with van der Waals surface area (Å²) in [6.07, 6.45) is 5.19. The van der Waals surface area contributed by atoms with E-state index in [1.165, 1.54) is 0 Å². The summed E-state index contributed by atoms with van der Waals surface area (Å²) in [4.78, 5) is 10.9. The fraction of sp³-hybridized carbons (Fsp3) is 0.200. The van der Waals surface area contributed by atoms with Crippen molar-refractivity contribution in [2.75, 3.05) is 14.2 Å². The first-order valence-corrected chi connectivity index (χ1v) is 7.94. The molecule has 2 aromatic carbocycles. The van der Waals surface area contributed by atoms with Gasteiger partial charge in [-0.3, -0.25) is 10.1 Å². The molecule has 0 radical (unpaired) electrons. The van der Waals surface area contributed by atoms with Crippen molar-refractivity contribution in [2.24, 2.45) is 0 Å². The lowest BCUT2D eigenvalue weighted by atomic mass is 9.78. The molecule has 128 valence electrons. The summed E-state index contributed by atoms with van der Waals surface area (Å²) in [5.74, 6) is 1.44. The predicted octanol–water partition coefficient (Wildman–Crippen LogP) is 4.30. The molecule has 1 aliphatic rings. The van der Waals surface area contributed by atoms with Crippen LogP contribution in [0.5, 0.6) is 11.5 Å². The quantitative estimate of drug-likeness (QED) is 0.603. The average Bonchev–Trinajstić information content (AvgIpc) is 2.67. The Kier molecular flexibility index (Phi) is 4.84. The highest BCUT2D eigenvalue weighted by Crippen LogP contribution is 2.40. The van der Waals surface area contributed by atoms with Crippen molar-refractivity contribution >= 4 is 0 Å². The third kappa shape index (κ3) is 3.55. The van der Waals surface area contributed by atoms with E-state index in [-0.39, 0.29) is 22.5 Å². The summed E-state index contributed by atoms with van der Waals surface area (Å²) in [6, 6.07) is 15.4. The van der Waals surface area contributed by atoms with Crippen molar-refractivity contribution in [3.05, 3.63) is 93.7 Å². The van der Waals surface area contributed by atoms with Crippen molar-refractivity contribution in [3.8, 4) is 11.5 Å². The maximum absolute atomic E-state index is 11.2. The minimum Gasteiger partial charge on any atom is -0.497 e. The van der Waals surface area contributed by atoms with E-state index < -0.39 is 0 Å². The van der Waals surface area contributed by atoms with Crippen LogP contribution in [-0.4, -0.2) is 19.1 Å². The van der Waals surface area contributed by atoms with Gasteiger partial charge in [-0.25, -0.2) is 0 Å². The van der Waals surface area contributed by atoms with Gasteiger partial charge in [0.1, 0.15) is 11.5 Å². The number of hydrogen-bond acceptors (Lipinski definition) is 4. The normalized spacial score (nSPS) is 19.2. The topological polar surface area (TPSA) is 61.6 Å². The lowest BCUT2D eigenvalue weighted by molar-refractivity contribution is -0.419. The van der Waals surface area contributed by atoms with Gasteiger partial charge in [-0.1, -0.05) is 30.3 Å². The van der Waals surface area contributed by atoms with Crippen LogP contribution in [0.15, 0.2) is 72.5 Å². The van der Waals surface area contributed by atoms with Gasteiger partial charge in [0.25, 0.3) is 5.70 Å². The summed E-state index contributed by atoms with van der Waals surface area (Å²) in [5.41, 5.74) is 2.20. The van der Waals surface area contributed by atoms with E-state index in [9.17, 15) is 10.1 Å². The van der Waals surface area contributed by atoms with Crippen LogP contribution in [0.2, 0.25) is 0 Å². The van der Waals surface area contributed by atoms with Crippen LogP contribution in [0.1, 0.15) is 23.0 Å². The molecule has 0 unspecified atom stereocenters. The fourth-order valence-corrected chi connectivity index (χ4v) is 3.06. The molecule has 25 heavy (non-hydrogen) atoms. The van der Waals surface area contributed by atoms with Gasteiger partial charge in [0.2, 0.25) is 0 Å². The number of rotatable bonds is 5. The van der Waals surface area contributed by atoms with Gasteiger partial charge in [-0.2, -0.15) is 0 Å². The van der Waals surface area contributed by atoms with E-state index in [1.54, 1.807) is 26.4 Å².